The minimum Gasteiger partial charge on any atom is -0.456 e. The number of ether oxygens (including phenoxy) is 1. The van der Waals surface area contributed by atoms with Crippen LogP contribution in [0, 0.1) is 6.92 Å². The highest BCUT2D eigenvalue weighted by Gasteiger charge is 2.20. The Labute approximate surface area is 172 Å². The van der Waals surface area contributed by atoms with Crippen LogP contribution in [-0.2, 0) is 19.6 Å². The maximum atomic E-state index is 12.3. The molecule has 3 aromatic rings. The number of carbonyl (C=O) groups is 3. The number of nitrogens with one attached hydrogen (secondary N) is 1. The molecule has 0 aliphatic rings. The number of hydrogen-bond donors (Lipinski definition) is 1. The molecule has 3 rings (SSSR count). The molecule has 0 bridgehead atoms. The van der Waals surface area contributed by atoms with Crippen molar-refractivity contribution < 1.29 is 32.0 Å². The van der Waals surface area contributed by atoms with Gasteiger partial charge in [-0.25, -0.2) is 8.42 Å². The Morgan fingerprint density at radius 2 is 1.70 bits per heavy atom. The van der Waals surface area contributed by atoms with Gasteiger partial charge in [-0.1, -0.05) is 30.3 Å². The van der Waals surface area contributed by atoms with Crippen LogP contribution in [0.25, 0.3) is 11.0 Å². The van der Waals surface area contributed by atoms with Gasteiger partial charge in [-0.2, -0.15) is 4.72 Å². The van der Waals surface area contributed by atoms with Crippen molar-refractivity contribution in [3.8, 4) is 0 Å². The van der Waals surface area contributed by atoms with Gasteiger partial charge in [0.25, 0.3) is 0 Å². The van der Waals surface area contributed by atoms with Gasteiger partial charge in [-0.15, -0.1) is 0 Å². The SMILES string of the molecule is CC(=O)c1ccc(S(=O)(=O)NCC(=O)OCC(=O)c2oc3ccccc3c2C)cc1. The molecule has 1 heterocycles. The number of benzene rings is 2. The van der Waals surface area contributed by atoms with Crippen LogP contribution in [0.3, 0.4) is 0 Å². The van der Waals surface area contributed by atoms with Crippen molar-refractivity contribution in [3.63, 3.8) is 0 Å². The summed E-state index contributed by atoms with van der Waals surface area (Å²) in [4.78, 5) is 35.4. The molecule has 1 aromatic heterocycles. The van der Waals surface area contributed by atoms with Gasteiger partial charge < -0.3 is 9.15 Å². The topological polar surface area (TPSA) is 120 Å². The summed E-state index contributed by atoms with van der Waals surface area (Å²) in [5.41, 5.74) is 1.56. The van der Waals surface area contributed by atoms with Crippen LogP contribution in [0.15, 0.2) is 57.8 Å². The van der Waals surface area contributed by atoms with Crippen molar-refractivity contribution in [3.05, 3.63) is 65.4 Å². The van der Waals surface area contributed by atoms with Crippen LogP contribution in [0.2, 0.25) is 0 Å². The molecule has 0 aliphatic carbocycles. The van der Waals surface area contributed by atoms with Gasteiger partial charge >= 0.3 is 5.97 Å². The van der Waals surface area contributed by atoms with Crippen LogP contribution in [0.4, 0.5) is 0 Å². The Hall–Kier alpha value is -3.30. The van der Waals surface area contributed by atoms with Gasteiger partial charge in [0.1, 0.15) is 12.1 Å². The van der Waals surface area contributed by atoms with Crippen molar-refractivity contribution in [2.75, 3.05) is 13.2 Å². The Morgan fingerprint density at radius 3 is 2.33 bits per heavy atom. The summed E-state index contributed by atoms with van der Waals surface area (Å²) < 4.78 is 37.0. The molecule has 0 unspecified atom stereocenters. The first-order chi connectivity index (χ1) is 14.2. The van der Waals surface area contributed by atoms with Gasteiger partial charge in [0.2, 0.25) is 15.8 Å². The van der Waals surface area contributed by atoms with E-state index in [1.165, 1.54) is 31.2 Å². The first kappa shape index (κ1) is 21.4. The molecule has 0 radical (unpaired) electrons. The second-order valence-electron chi connectivity index (χ2n) is 6.54. The largest absolute Gasteiger partial charge is 0.456 e. The summed E-state index contributed by atoms with van der Waals surface area (Å²) in [6.07, 6.45) is 0. The molecule has 0 fully saturated rings. The predicted octanol–water partition coefficient (Wildman–Crippen LogP) is 2.65. The van der Waals surface area contributed by atoms with Gasteiger partial charge in [-0.3, -0.25) is 14.4 Å². The fraction of sp³-hybridized carbons (Fsp3) is 0.190. The third-order valence-corrected chi connectivity index (χ3v) is 5.86. The normalized spacial score (nSPS) is 11.4. The van der Waals surface area contributed by atoms with Crippen molar-refractivity contribution >= 4 is 38.5 Å². The van der Waals surface area contributed by atoms with Crippen molar-refractivity contribution in [2.24, 2.45) is 0 Å². The Morgan fingerprint density at radius 1 is 1.03 bits per heavy atom. The number of para-hydroxylation sites is 1. The third-order valence-electron chi connectivity index (χ3n) is 4.44. The van der Waals surface area contributed by atoms with Crippen LogP contribution >= 0.6 is 0 Å². The van der Waals surface area contributed by atoms with Crippen molar-refractivity contribution in [2.45, 2.75) is 18.7 Å². The minimum absolute atomic E-state index is 0.0927. The summed E-state index contributed by atoms with van der Waals surface area (Å²) in [6, 6.07) is 12.4. The van der Waals surface area contributed by atoms with E-state index in [9.17, 15) is 22.8 Å². The van der Waals surface area contributed by atoms with E-state index in [1.54, 1.807) is 19.1 Å². The first-order valence-electron chi connectivity index (χ1n) is 8.96. The third kappa shape index (κ3) is 4.64. The van der Waals surface area contributed by atoms with Crippen molar-refractivity contribution in [1.29, 1.82) is 0 Å². The van der Waals surface area contributed by atoms with Crippen LogP contribution < -0.4 is 4.72 Å². The Bertz CT molecular complexity index is 1220. The fourth-order valence-electron chi connectivity index (χ4n) is 2.81. The summed E-state index contributed by atoms with van der Waals surface area (Å²) >= 11 is 0. The molecular formula is C21H19NO7S. The van der Waals surface area contributed by atoms with Crippen LogP contribution in [0.5, 0.6) is 0 Å². The highest BCUT2D eigenvalue weighted by molar-refractivity contribution is 7.89. The molecule has 0 spiro atoms. The monoisotopic (exact) mass is 429 g/mol. The minimum atomic E-state index is -3.98. The number of Topliss-reactive ketones (excluding diaryl/α,β-unsaturated/α-hetero) is 2. The number of hydrogen-bond acceptors (Lipinski definition) is 7. The van der Waals surface area contributed by atoms with E-state index in [-0.39, 0.29) is 16.4 Å². The average Bonchev–Trinajstić information content (AvgIpc) is 3.07. The lowest BCUT2D eigenvalue weighted by Gasteiger charge is -2.07. The van der Waals surface area contributed by atoms with E-state index >= 15 is 0 Å². The standard InChI is InChI=1S/C21H19NO7S/c1-13-17-5-3-4-6-19(17)29-21(13)18(24)12-28-20(25)11-22-30(26,27)16-9-7-15(8-10-16)14(2)23/h3-10,22H,11-12H2,1-2H3. The maximum Gasteiger partial charge on any atom is 0.321 e. The Kier molecular flexibility index (Phi) is 6.14. The van der Waals surface area contributed by atoms with E-state index < -0.39 is 34.9 Å². The van der Waals surface area contributed by atoms with E-state index in [0.29, 0.717) is 16.7 Å². The fourth-order valence-corrected chi connectivity index (χ4v) is 3.78. The molecule has 0 amide bonds. The molecule has 0 saturated carbocycles. The second kappa shape index (κ2) is 8.60. The van der Waals surface area contributed by atoms with E-state index in [1.807, 2.05) is 12.1 Å². The second-order valence-corrected chi connectivity index (χ2v) is 8.31. The average molecular weight is 429 g/mol. The maximum absolute atomic E-state index is 12.3. The lowest BCUT2D eigenvalue weighted by Crippen LogP contribution is -2.31. The van der Waals surface area contributed by atoms with E-state index in [4.69, 9.17) is 9.15 Å². The number of carbonyl (C=O) groups excluding carboxylic acids is 3. The summed E-state index contributed by atoms with van der Waals surface area (Å²) in [5, 5.41) is 0.788. The number of fused-ring (bicyclic) bond motifs is 1. The summed E-state index contributed by atoms with van der Waals surface area (Å²) in [5.74, 6) is -1.55. The molecular weight excluding hydrogens is 410 g/mol. The smallest absolute Gasteiger partial charge is 0.321 e. The summed E-state index contributed by atoms with van der Waals surface area (Å²) in [7, 11) is -3.98. The molecule has 2 aromatic carbocycles. The zero-order valence-electron chi connectivity index (χ0n) is 16.3. The number of esters is 1. The molecule has 8 nitrogen and oxygen atoms in total. The first-order valence-corrected chi connectivity index (χ1v) is 10.4. The zero-order chi connectivity index (χ0) is 21.9. The zero-order valence-corrected chi connectivity index (χ0v) is 17.1. The molecule has 0 atom stereocenters. The lowest BCUT2D eigenvalue weighted by molar-refractivity contribution is -0.141. The van der Waals surface area contributed by atoms with Crippen molar-refractivity contribution in [1.82, 2.24) is 4.72 Å². The van der Waals surface area contributed by atoms with Gasteiger partial charge in [0.05, 0.1) is 4.90 Å². The lowest BCUT2D eigenvalue weighted by atomic mass is 10.1. The van der Waals surface area contributed by atoms with Crippen LogP contribution in [0.1, 0.15) is 33.4 Å². The van der Waals surface area contributed by atoms with Crippen LogP contribution in [-0.4, -0.2) is 39.1 Å². The number of ketones is 2. The number of sulfonamides is 1. The van der Waals surface area contributed by atoms with Gasteiger partial charge in [0.15, 0.2) is 18.2 Å². The van der Waals surface area contributed by atoms with E-state index in [2.05, 4.69) is 4.72 Å². The number of furan rings is 1. The summed E-state index contributed by atoms with van der Waals surface area (Å²) in [6.45, 7) is 1.87. The van der Waals surface area contributed by atoms with Gasteiger partial charge in [-0.05, 0) is 32.0 Å². The van der Waals surface area contributed by atoms with E-state index in [0.717, 1.165) is 5.39 Å². The highest BCUT2D eigenvalue weighted by atomic mass is 32.2. The molecule has 0 aliphatic heterocycles. The van der Waals surface area contributed by atoms with Gasteiger partial charge in [0, 0.05) is 16.5 Å². The molecule has 9 heteroatoms. The molecule has 0 saturated heterocycles. The Balaban J connectivity index is 1.56. The predicted molar refractivity (Wildman–Crippen MR) is 108 cm³/mol. The molecule has 30 heavy (non-hydrogen) atoms. The molecule has 1 N–H and O–H groups in total. The quantitative estimate of drug-likeness (QED) is 0.432. The number of aryl methyl sites for hydroxylation is 1. The number of rotatable bonds is 8. The highest BCUT2D eigenvalue weighted by Crippen LogP contribution is 2.25. The molecule has 156 valence electrons.